The summed E-state index contributed by atoms with van der Waals surface area (Å²) in [7, 11) is 0. The van der Waals surface area contributed by atoms with E-state index < -0.39 is 5.97 Å². The molecule has 1 aromatic heterocycles. The van der Waals surface area contributed by atoms with Crippen LogP contribution in [-0.4, -0.2) is 33.5 Å². The SMILES string of the molecule is CC1(CNC(=O)c2cnc(C(=O)O)cn2)CCCc2ccccc21. The molecule has 1 aliphatic rings. The maximum absolute atomic E-state index is 12.3. The number of nitrogens with zero attached hydrogens (tertiary/aromatic N) is 2. The molecule has 1 unspecified atom stereocenters. The number of fused-ring (bicyclic) bond motifs is 1. The van der Waals surface area contributed by atoms with Crippen molar-refractivity contribution in [1.82, 2.24) is 15.3 Å². The Labute approximate surface area is 140 Å². The van der Waals surface area contributed by atoms with Gasteiger partial charge in [-0.25, -0.2) is 14.8 Å². The van der Waals surface area contributed by atoms with E-state index in [1.807, 2.05) is 12.1 Å². The van der Waals surface area contributed by atoms with E-state index in [-0.39, 0.29) is 22.7 Å². The van der Waals surface area contributed by atoms with Crippen molar-refractivity contribution >= 4 is 11.9 Å². The molecule has 0 spiro atoms. The lowest BCUT2D eigenvalue weighted by atomic mass is 9.71. The van der Waals surface area contributed by atoms with E-state index in [1.165, 1.54) is 17.3 Å². The number of amides is 1. The topological polar surface area (TPSA) is 92.2 Å². The minimum absolute atomic E-state index is 0.112. The first-order valence-electron chi connectivity index (χ1n) is 7.91. The summed E-state index contributed by atoms with van der Waals surface area (Å²) < 4.78 is 0. The van der Waals surface area contributed by atoms with Crippen LogP contribution in [0.25, 0.3) is 0 Å². The number of carbonyl (C=O) groups is 2. The summed E-state index contributed by atoms with van der Waals surface area (Å²) in [5, 5.41) is 11.7. The third kappa shape index (κ3) is 3.13. The highest BCUT2D eigenvalue weighted by Crippen LogP contribution is 2.36. The Kier molecular flexibility index (Phi) is 4.29. The highest BCUT2D eigenvalue weighted by Gasteiger charge is 2.32. The summed E-state index contributed by atoms with van der Waals surface area (Å²) in [6, 6.07) is 8.34. The number of aryl methyl sites for hydroxylation is 1. The number of hydrogen-bond donors (Lipinski definition) is 2. The van der Waals surface area contributed by atoms with Gasteiger partial charge in [0.05, 0.1) is 12.4 Å². The third-order valence-corrected chi connectivity index (χ3v) is 4.58. The predicted octanol–water partition coefficient (Wildman–Crippen LogP) is 2.20. The summed E-state index contributed by atoms with van der Waals surface area (Å²) in [5.41, 5.74) is 2.45. The number of carboxylic acids is 1. The minimum Gasteiger partial charge on any atom is -0.476 e. The fourth-order valence-electron chi connectivity index (χ4n) is 3.24. The molecule has 1 heterocycles. The molecule has 2 aromatic rings. The van der Waals surface area contributed by atoms with Gasteiger partial charge in [-0.15, -0.1) is 0 Å². The molecule has 2 N–H and O–H groups in total. The largest absolute Gasteiger partial charge is 0.476 e. The quantitative estimate of drug-likeness (QED) is 0.899. The molecule has 3 rings (SSSR count). The number of aromatic carboxylic acids is 1. The van der Waals surface area contributed by atoms with Gasteiger partial charge in [-0.05, 0) is 30.4 Å². The number of aromatic nitrogens is 2. The van der Waals surface area contributed by atoms with Crippen molar-refractivity contribution in [3.8, 4) is 0 Å². The van der Waals surface area contributed by atoms with Crippen molar-refractivity contribution < 1.29 is 14.7 Å². The molecule has 0 fully saturated rings. The van der Waals surface area contributed by atoms with E-state index in [9.17, 15) is 9.59 Å². The molecule has 6 heteroatoms. The van der Waals surface area contributed by atoms with Gasteiger partial charge in [0.1, 0.15) is 5.69 Å². The molecule has 0 radical (unpaired) electrons. The number of benzene rings is 1. The van der Waals surface area contributed by atoms with E-state index in [2.05, 4.69) is 34.3 Å². The summed E-state index contributed by atoms with van der Waals surface area (Å²) in [4.78, 5) is 30.6. The summed E-state index contributed by atoms with van der Waals surface area (Å²) in [6.07, 6.45) is 5.46. The standard InChI is InChI=1S/C18H19N3O3/c1-18(8-4-6-12-5-2-3-7-13(12)18)11-21-16(22)14-9-20-15(10-19-14)17(23)24/h2-3,5,7,9-10H,4,6,8,11H2,1H3,(H,21,22)(H,23,24). The number of carboxylic acid groups (broad SMARTS) is 1. The number of rotatable bonds is 4. The van der Waals surface area contributed by atoms with E-state index in [4.69, 9.17) is 5.11 Å². The Morgan fingerprint density at radius 2 is 1.92 bits per heavy atom. The Balaban J connectivity index is 1.71. The van der Waals surface area contributed by atoms with Crippen LogP contribution < -0.4 is 5.32 Å². The van der Waals surface area contributed by atoms with E-state index in [1.54, 1.807) is 0 Å². The van der Waals surface area contributed by atoms with Crippen LogP contribution in [0.15, 0.2) is 36.7 Å². The van der Waals surface area contributed by atoms with Gasteiger partial charge in [0.25, 0.3) is 5.91 Å². The van der Waals surface area contributed by atoms with Crippen LogP contribution in [0.3, 0.4) is 0 Å². The van der Waals surface area contributed by atoms with Gasteiger partial charge in [-0.1, -0.05) is 31.2 Å². The first kappa shape index (κ1) is 16.1. The maximum atomic E-state index is 12.3. The Hall–Kier alpha value is -2.76. The molecule has 6 nitrogen and oxygen atoms in total. The molecule has 1 aromatic carbocycles. The molecular formula is C18H19N3O3. The predicted molar refractivity (Wildman–Crippen MR) is 88.1 cm³/mol. The smallest absolute Gasteiger partial charge is 0.356 e. The highest BCUT2D eigenvalue weighted by atomic mass is 16.4. The average Bonchev–Trinajstić information content (AvgIpc) is 2.60. The Bertz CT molecular complexity index is 773. The number of nitrogens with one attached hydrogen (secondary N) is 1. The van der Waals surface area contributed by atoms with Crippen molar-refractivity contribution in [2.45, 2.75) is 31.6 Å². The molecule has 1 aliphatic carbocycles. The van der Waals surface area contributed by atoms with Crippen LogP contribution in [0.5, 0.6) is 0 Å². The van der Waals surface area contributed by atoms with Crippen LogP contribution in [-0.2, 0) is 11.8 Å². The van der Waals surface area contributed by atoms with Crippen LogP contribution >= 0.6 is 0 Å². The number of carbonyl (C=O) groups excluding carboxylic acids is 1. The normalized spacial score (nSPS) is 19.4. The lowest BCUT2D eigenvalue weighted by molar-refractivity contribution is 0.0689. The van der Waals surface area contributed by atoms with Crippen LogP contribution in [0, 0.1) is 0 Å². The van der Waals surface area contributed by atoms with Gasteiger partial charge in [0.15, 0.2) is 5.69 Å². The first-order valence-corrected chi connectivity index (χ1v) is 7.91. The molecule has 24 heavy (non-hydrogen) atoms. The Morgan fingerprint density at radius 1 is 1.21 bits per heavy atom. The van der Waals surface area contributed by atoms with E-state index >= 15 is 0 Å². The van der Waals surface area contributed by atoms with Gasteiger partial charge in [0, 0.05) is 12.0 Å². The van der Waals surface area contributed by atoms with Crippen molar-refractivity contribution in [2.24, 2.45) is 0 Å². The van der Waals surface area contributed by atoms with Crippen molar-refractivity contribution in [3.05, 3.63) is 59.2 Å². The molecule has 1 atom stereocenters. The third-order valence-electron chi connectivity index (χ3n) is 4.58. The Morgan fingerprint density at radius 3 is 2.62 bits per heavy atom. The van der Waals surface area contributed by atoms with Crippen molar-refractivity contribution in [2.75, 3.05) is 6.54 Å². The van der Waals surface area contributed by atoms with Crippen LogP contribution in [0.4, 0.5) is 0 Å². The van der Waals surface area contributed by atoms with Gasteiger partial charge >= 0.3 is 5.97 Å². The average molecular weight is 325 g/mol. The summed E-state index contributed by atoms with van der Waals surface area (Å²) in [6.45, 7) is 2.66. The van der Waals surface area contributed by atoms with Gasteiger partial charge in [-0.2, -0.15) is 0 Å². The highest BCUT2D eigenvalue weighted by molar-refractivity contribution is 5.92. The maximum Gasteiger partial charge on any atom is 0.356 e. The zero-order valence-corrected chi connectivity index (χ0v) is 13.5. The molecule has 0 saturated heterocycles. The lowest BCUT2D eigenvalue weighted by Crippen LogP contribution is -2.41. The zero-order chi connectivity index (χ0) is 17.2. The molecule has 0 bridgehead atoms. The minimum atomic E-state index is -1.17. The molecule has 0 saturated carbocycles. The zero-order valence-electron chi connectivity index (χ0n) is 13.5. The second-order valence-corrected chi connectivity index (χ2v) is 6.35. The van der Waals surface area contributed by atoms with Crippen LogP contribution in [0.1, 0.15) is 51.9 Å². The summed E-state index contributed by atoms with van der Waals surface area (Å²) in [5.74, 6) is -1.51. The molecule has 1 amide bonds. The fraction of sp³-hybridized carbons (Fsp3) is 0.333. The molecule has 0 aliphatic heterocycles. The van der Waals surface area contributed by atoms with Gasteiger partial charge in [-0.3, -0.25) is 4.79 Å². The summed E-state index contributed by atoms with van der Waals surface area (Å²) >= 11 is 0. The van der Waals surface area contributed by atoms with Crippen LogP contribution in [0.2, 0.25) is 0 Å². The van der Waals surface area contributed by atoms with Crippen molar-refractivity contribution in [3.63, 3.8) is 0 Å². The first-order chi connectivity index (χ1) is 11.5. The van der Waals surface area contributed by atoms with E-state index in [0.29, 0.717) is 6.54 Å². The molecule has 124 valence electrons. The second kappa shape index (κ2) is 6.39. The van der Waals surface area contributed by atoms with Gasteiger partial charge < -0.3 is 10.4 Å². The monoisotopic (exact) mass is 325 g/mol. The van der Waals surface area contributed by atoms with Crippen molar-refractivity contribution in [1.29, 1.82) is 0 Å². The fourth-order valence-corrected chi connectivity index (χ4v) is 3.24. The second-order valence-electron chi connectivity index (χ2n) is 6.35. The van der Waals surface area contributed by atoms with Gasteiger partial charge in [0.2, 0.25) is 0 Å². The number of hydrogen-bond acceptors (Lipinski definition) is 4. The van der Waals surface area contributed by atoms with E-state index in [0.717, 1.165) is 25.5 Å². The molecular weight excluding hydrogens is 306 g/mol. The lowest BCUT2D eigenvalue weighted by Gasteiger charge is -2.36.